The van der Waals surface area contributed by atoms with E-state index >= 15 is 0 Å². The van der Waals surface area contributed by atoms with Gasteiger partial charge in [0.05, 0.1) is 0 Å². The topological polar surface area (TPSA) is 22.1 Å². The summed E-state index contributed by atoms with van der Waals surface area (Å²) in [4.78, 5) is 4.34. The largest absolute Gasteiger partial charge is 0.438 e. The number of hydrogen-bond acceptors (Lipinski definition) is 2. The maximum absolute atomic E-state index is 5.95. The van der Waals surface area contributed by atoms with E-state index in [9.17, 15) is 0 Å². The molecule has 0 saturated heterocycles. The average molecular weight is 276 g/mol. The Morgan fingerprint density at radius 1 is 1.05 bits per heavy atom. The minimum Gasteiger partial charge on any atom is -0.438 e. The van der Waals surface area contributed by atoms with Crippen LogP contribution < -0.4 is 4.74 Å². The number of rotatable bonds is 3. The molecule has 0 amide bonds. The number of alkyl halides is 1. The molecule has 2 rings (SSSR count). The Morgan fingerprint density at radius 3 is 2.42 bits per heavy atom. The number of pyridine rings is 1. The fraction of sp³-hybridized carbons (Fsp3) is 0.312. The third-order valence-corrected chi connectivity index (χ3v) is 3.52. The van der Waals surface area contributed by atoms with Crippen LogP contribution in [0.2, 0.25) is 0 Å². The van der Waals surface area contributed by atoms with Crippen molar-refractivity contribution >= 4 is 11.6 Å². The van der Waals surface area contributed by atoms with E-state index in [0.29, 0.717) is 11.8 Å². The van der Waals surface area contributed by atoms with Crippen molar-refractivity contribution in [2.24, 2.45) is 0 Å². The van der Waals surface area contributed by atoms with Crippen molar-refractivity contribution < 1.29 is 4.74 Å². The van der Waals surface area contributed by atoms with Gasteiger partial charge in [0.1, 0.15) is 5.75 Å². The van der Waals surface area contributed by atoms with Gasteiger partial charge in [-0.25, -0.2) is 4.98 Å². The zero-order valence-electron chi connectivity index (χ0n) is 11.7. The Hall–Kier alpha value is -1.54. The number of halogens is 1. The number of benzene rings is 1. The van der Waals surface area contributed by atoms with Gasteiger partial charge in [-0.05, 0) is 62.1 Å². The van der Waals surface area contributed by atoms with Gasteiger partial charge in [-0.3, -0.25) is 0 Å². The lowest BCUT2D eigenvalue weighted by Gasteiger charge is -2.13. The minimum atomic E-state index is 0.469. The Labute approximate surface area is 119 Å². The fourth-order valence-corrected chi connectivity index (χ4v) is 2.16. The average Bonchev–Trinajstić information content (AvgIpc) is 2.37. The van der Waals surface area contributed by atoms with Gasteiger partial charge in [0.15, 0.2) is 0 Å². The second-order valence-electron chi connectivity index (χ2n) is 4.91. The van der Waals surface area contributed by atoms with Crippen LogP contribution >= 0.6 is 11.6 Å². The van der Waals surface area contributed by atoms with Crippen molar-refractivity contribution in [2.75, 3.05) is 0 Å². The van der Waals surface area contributed by atoms with Crippen LogP contribution in [0.5, 0.6) is 11.6 Å². The first-order chi connectivity index (χ1) is 9.01. The molecule has 0 atom stereocenters. The van der Waals surface area contributed by atoms with E-state index in [0.717, 1.165) is 22.4 Å². The molecule has 0 radical (unpaired) electrons. The predicted octanol–water partition coefficient (Wildman–Crippen LogP) is 4.85. The van der Waals surface area contributed by atoms with E-state index in [4.69, 9.17) is 16.3 Å². The first-order valence-corrected chi connectivity index (χ1v) is 6.82. The second-order valence-corrected chi connectivity index (χ2v) is 5.17. The monoisotopic (exact) mass is 275 g/mol. The molecule has 0 unspecified atom stereocenters. The number of nitrogens with zero attached hydrogens (tertiary/aromatic N) is 1. The van der Waals surface area contributed by atoms with Crippen molar-refractivity contribution in [1.29, 1.82) is 0 Å². The molecule has 0 aliphatic carbocycles. The summed E-state index contributed by atoms with van der Waals surface area (Å²) in [5.41, 5.74) is 5.56. The minimum absolute atomic E-state index is 0.469. The number of aryl methyl sites for hydroxylation is 3. The molecule has 2 aromatic rings. The molecule has 0 N–H and O–H groups in total. The van der Waals surface area contributed by atoms with Gasteiger partial charge in [0.2, 0.25) is 5.88 Å². The summed E-state index contributed by atoms with van der Waals surface area (Å²) in [5, 5.41) is 0. The van der Waals surface area contributed by atoms with E-state index in [1.165, 1.54) is 11.1 Å². The van der Waals surface area contributed by atoms with Gasteiger partial charge in [-0.1, -0.05) is 6.07 Å². The van der Waals surface area contributed by atoms with E-state index in [1.54, 1.807) is 6.20 Å². The SMILES string of the molecule is Cc1cc(C)c(C)c(Oc2ncc(CCl)cc2C)c1. The lowest BCUT2D eigenvalue weighted by atomic mass is 10.1. The molecule has 2 nitrogen and oxygen atoms in total. The van der Waals surface area contributed by atoms with Crippen LogP contribution in [0, 0.1) is 27.7 Å². The van der Waals surface area contributed by atoms with E-state index in [2.05, 4.69) is 31.8 Å². The molecule has 0 aliphatic rings. The Morgan fingerprint density at radius 2 is 1.79 bits per heavy atom. The summed E-state index contributed by atoms with van der Waals surface area (Å²) >= 11 is 5.80. The first-order valence-electron chi connectivity index (χ1n) is 6.28. The highest BCUT2D eigenvalue weighted by Gasteiger charge is 2.08. The van der Waals surface area contributed by atoms with Crippen LogP contribution in [0.4, 0.5) is 0 Å². The standard InChI is InChI=1S/C16H18ClNO/c1-10-5-11(2)13(4)15(6-10)19-16-12(3)7-14(8-17)9-18-16/h5-7,9H,8H2,1-4H3. The summed E-state index contributed by atoms with van der Waals surface area (Å²) in [6, 6.07) is 6.20. The third-order valence-electron chi connectivity index (χ3n) is 3.21. The molecular formula is C16H18ClNO. The predicted molar refractivity (Wildman–Crippen MR) is 79.3 cm³/mol. The summed E-state index contributed by atoms with van der Waals surface area (Å²) in [6.07, 6.45) is 1.76. The van der Waals surface area contributed by atoms with Gasteiger partial charge >= 0.3 is 0 Å². The molecule has 3 heteroatoms. The maximum atomic E-state index is 5.95. The van der Waals surface area contributed by atoms with Crippen LogP contribution in [-0.4, -0.2) is 4.98 Å². The Kier molecular flexibility index (Phi) is 4.11. The highest BCUT2D eigenvalue weighted by atomic mass is 35.5. The molecule has 19 heavy (non-hydrogen) atoms. The lowest BCUT2D eigenvalue weighted by molar-refractivity contribution is 0.454. The maximum Gasteiger partial charge on any atom is 0.222 e. The second kappa shape index (κ2) is 5.62. The van der Waals surface area contributed by atoms with Crippen LogP contribution in [-0.2, 0) is 5.88 Å². The number of aromatic nitrogens is 1. The van der Waals surface area contributed by atoms with E-state index < -0.39 is 0 Å². The van der Waals surface area contributed by atoms with Gasteiger partial charge in [0, 0.05) is 17.6 Å². The normalized spacial score (nSPS) is 10.6. The van der Waals surface area contributed by atoms with Crippen LogP contribution in [0.3, 0.4) is 0 Å². The zero-order valence-corrected chi connectivity index (χ0v) is 12.5. The van der Waals surface area contributed by atoms with E-state index in [-0.39, 0.29) is 0 Å². The molecule has 0 aliphatic heterocycles. The first kappa shape index (κ1) is 13.9. The van der Waals surface area contributed by atoms with Crippen molar-refractivity contribution in [1.82, 2.24) is 4.98 Å². The summed E-state index contributed by atoms with van der Waals surface area (Å²) in [5.74, 6) is 1.98. The van der Waals surface area contributed by atoms with Crippen molar-refractivity contribution in [2.45, 2.75) is 33.6 Å². The molecule has 0 bridgehead atoms. The fourth-order valence-electron chi connectivity index (χ4n) is 2.01. The molecule has 1 heterocycles. The van der Waals surface area contributed by atoms with Crippen molar-refractivity contribution in [3.05, 3.63) is 52.2 Å². The quantitative estimate of drug-likeness (QED) is 0.747. The molecule has 0 saturated carbocycles. The smallest absolute Gasteiger partial charge is 0.222 e. The summed E-state index contributed by atoms with van der Waals surface area (Å²) in [7, 11) is 0. The highest BCUT2D eigenvalue weighted by Crippen LogP contribution is 2.29. The van der Waals surface area contributed by atoms with Crippen LogP contribution in [0.15, 0.2) is 24.4 Å². The zero-order chi connectivity index (χ0) is 14.0. The molecule has 1 aromatic carbocycles. The van der Waals surface area contributed by atoms with Crippen LogP contribution in [0.25, 0.3) is 0 Å². The Balaban J connectivity index is 2.36. The Bertz CT molecular complexity index is 608. The number of hydrogen-bond donors (Lipinski definition) is 0. The third kappa shape index (κ3) is 3.07. The van der Waals surface area contributed by atoms with Gasteiger partial charge in [-0.2, -0.15) is 0 Å². The lowest BCUT2D eigenvalue weighted by Crippen LogP contribution is -1.96. The molecule has 0 spiro atoms. The summed E-state index contributed by atoms with van der Waals surface area (Å²) < 4.78 is 5.95. The van der Waals surface area contributed by atoms with Crippen molar-refractivity contribution in [3.8, 4) is 11.6 Å². The molecular weight excluding hydrogens is 258 g/mol. The van der Waals surface area contributed by atoms with Crippen LogP contribution in [0.1, 0.15) is 27.8 Å². The van der Waals surface area contributed by atoms with Crippen molar-refractivity contribution in [3.63, 3.8) is 0 Å². The molecule has 1 aromatic heterocycles. The highest BCUT2D eigenvalue weighted by molar-refractivity contribution is 6.17. The van der Waals surface area contributed by atoms with Gasteiger partial charge in [-0.15, -0.1) is 11.6 Å². The number of ether oxygens (including phenoxy) is 1. The van der Waals surface area contributed by atoms with Gasteiger partial charge in [0.25, 0.3) is 0 Å². The summed E-state index contributed by atoms with van der Waals surface area (Å²) in [6.45, 7) is 8.20. The molecule has 100 valence electrons. The molecule has 0 fully saturated rings. The van der Waals surface area contributed by atoms with Gasteiger partial charge < -0.3 is 4.74 Å². The van der Waals surface area contributed by atoms with E-state index in [1.807, 2.05) is 19.1 Å².